The smallest absolute Gasteiger partial charge is 0.0962 e. The molecule has 0 aliphatic heterocycles. The summed E-state index contributed by atoms with van der Waals surface area (Å²) in [6, 6.07) is 10.6. The van der Waals surface area contributed by atoms with Crippen molar-refractivity contribution >= 4 is 5.69 Å². The number of nitrogens with two attached hydrogens (primary N) is 1. The second-order valence-corrected chi connectivity index (χ2v) is 6.32. The third-order valence-corrected chi connectivity index (χ3v) is 4.41. The number of benzene rings is 1. The summed E-state index contributed by atoms with van der Waals surface area (Å²) in [5, 5.41) is 14.1. The van der Waals surface area contributed by atoms with E-state index in [4.69, 9.17) is 16.1 Å². The molecule has 2 N–H and O–H groups in total. The quantitative estimate of drug-likeness (QED) is 0.868. The van der Waals surface area contributed by atoms with Crippen molar-refractivity contribution in [3.63, 3.8) is 0 Å². The lowest BCUT2D eigenvalue weighted by molar-refractivity contribution is 0.478. The van der Waals surface area contributed by atoms with Crippen LogP contribution in [0.5, 0.6) is 0 Å². The highest BCUT2D eigenvalue weighted by molar-refractivity contribution is 5.69. The van der Waals surface area contributed by atoms with Gasteiger partial charge >= 0.3 is 0 Å². The van der Waals surface area contributed by atoms with E-state index >= 15 is 0 Å². The summed E-state index contributed by atoms with van der Waals surface area (Å²) in [5.41, 5.74) is 11.3. The van der Waals surface area contributed by atoms with Gasteiger partial charge in [-0.1, -0.05) is 12.1 Å². The van der Waals surface area contributed by atoms with Gasteiger partial charge in [0, 0.05) is 40.9 Å². The van der Waals surface area contributed by atoms with Crippen molar-refractivity contribution in [1.29, 1.82) is 5.26 Å². The number of nitrogen functional groups attached to an aromatic ring is 1. The highest BCUT2D eigenvalue weighted by Crippen LogP contribution is 2.41. The van der Waals surface area contributed by atoms with Crippen LogP contribution in [0.25, 0.3) is 11.3 Å². The first-order valence-electron chi connectivity index (χ1n) is 7.96. The number of hydrogen-bond acceptors (Lipinski definition) is 3. The number of rotatable bonds is 3. The molecule has 0 saturated heterocycles. The summed E-state index contributed by atoms with van der Waals surface area (Å²) in [5.74, 6) is 0.290. The highest BCUT2D eigenvalue weighted by Gasteiger charge is 2.29. The first-order valence-corrected chi connectivity index (χ1v) is 7.96. The maximum atomic E-state index is 9.17. The largest absolute Gasteiger partial charge is 0.399 e. The standard InChI is InChI=1S/C18H22N4/c1-12(2)22-16-8-4-5-13(9-10-19)17(16)18(21-22)14-6-3-7-15(20)11-14/h3,6-7,11-13H,4-5,8-9,20H2,1-2H3. The molecule has 114 valence electrons. The molecule has 0 bridgehead atoms. The van der Waals surface area contributed by atoms with Crippen molar-refractivity contribution in [2.45, 2.75) is 51.5 Å². The van der Waals surface area contributed by atoms with E-state index in [0.717, 1.165) is 36.2 Å². The number of fused-ring (bicyclic) bond motifs is 1. The SMILES string of the molecule is CC(C)n1nc(-c2cccc(N)c2)c2c1CCCC2CC#N. The molecule has 4 heteroatoms. The molecule has 1 unspecified atom stereocenters. The van der Waals surface area contributed by atoms with Gasteiger partial charge in [-0.2, -0.15) is 10.4 Å². The van der Waals surface area contributed by atoms with Gasteiger partial charge in [0.2, 0.25) is 0 Å². The molecule has 0 amide bonds. The molecule has 0 saturated carbocycles. The maximum Gasteiger partial charge on any atom is 0.0962 e. The highest BCUT2D eigenvalue weighted by atomic mass is 15.3. The van der Waals surface area contributed by atoms with Crippen LogP contribution in [-0.2, 0) is 6.42 Å². The minimum Gasteiger partial charge on any atom is -0.399 e. The van der Waals surface area contributed by atoms with Crippen LogP contribution in [0.2, 0.25) is 0 Å². The second-order valence-electron chi connectivity index (χ2n) is 6.32. The summed E-state index contributed by atoms with van der Waals surface area (Å²) in [6.07, 6.45) is 3.81. The molecule has 1 aliphatic carbocycles. The van der Waals surface area contributed by atoms with Gasteiger partial charge in [0.25, 0.3) is 0 Å². The van der Waals surface area contributed by atoms with E-state index in [1.54, 1.807) is 0 Å². The summed E-state index contributed by atoms with van der Waals surface area (Å²) in [4.78, 5) is 0. The molecule has 22 heavy (non-hydrogen) atoms. The third-order valence-electron chi connectivity index (χ3n) is 4.41. The molecule has 0 fully saturated rings. The number of aromatic nitrogens is 2. The van der Waals surface area contributed by atoms with Crippen molar-refractivity contribution in [3.8, 4) is 17.3 Å². The monoisotopic (exact) mass is 294 g/mol. The minimum atomic E-state index is 0.290. The molecule has 1 aromatic carbocycles. The van der Waals surface area contributed by atoms with Gasteiger partial charge in [-0.25, -0.2) is 0 Å². The Morgan fingerprint density at radius 3 is 2.95 bits per heavy atom. The lowest BCUT2D eigenvalue weighted by atomic mass is 9.82. The van der Waals surface area contributed by atoms with Crippen molar-refractivity contribution in [2.75, 3.05) is 5.73 Å². The number of nitriles is 1. The molecule has 1 aromatic heterocycles. The van der Waals surface area contributed by atoms with E-state index in [-0.39, 0.29) is 5.92 Å². The van der Waals surface area contributed by atoms with Crippen LogP contribution in [0.15, 0.2) is 24.3 Å². The van der Waals surface area contributed by atoms with Gasteiger partial charge in [-0.05, 0) is 45.2 Å². The van der Waals surface area contributed by atoms with Crippen LogP contribution >= 0.6 is 0 Å². The summed E-state index contributed by atoms with van der Waals surface area (Å²) in [7, 11) is 0. The van der Waals surface area contributed by atoms with E-state index in [0.29, 0.717) is 12.5 Å². The first-order chi connectivity index (χ1) is 10.6. The van der Waals surface area contributed by atoms with Crippen LogP contribution in [0.4, 0.5) is 5.69 Å². The topological polar surface area (TPSA) is 67.6 Å². The first kappa shape index (κ1) is 14.6. The fourth-order valence-corrected chi connectivity index (χ4v) is 3.46. The average Bonchev–Trinajstić information content (AvgIpc) is 2.88. The lowest BCUT2D eigenvalue weighted by Crippen LogP contribution is -2.14. The molecule has 0 radical (unpaired) electrons. The summed E-state index contributed by atoms with van der Waals surface area (Å²) in [6.45, 7) is 4.31. The number of anilines is 1. The normalized spacial score (nSPS) is 17.3. The van der Waals surface area contributed by atoms with Crippen LogP contribution in [0.3, 0.4) is 0 Å². The Kier molecular flexibility index (Phi) is 3.89. The molecule has 1 heterocycles. The Morgan fingerprint density at radius 1 is 1.45 bits per heavy atom. The zero-order chi connectivity index (χ0) is 15.7. The van der Waals surface area contributed by atoms with Crippen molar-refractivity contribution in [2.24, 2.45) is 0 Å². The summed E-state index contributed by atoms with van der Waals surface area (Å²) >= 11 is 0. The van der Waals surface area contributed by atoms with Gasteiger partial charge in [-0.15, -0.1) is 0 Å². The molecule has 0 spiro atoms. The maximum absolute atomic E-state index is 9.17. The van der Waals surface area contributed by atoms with E-state index in [1.807, 2.05) is 18.2 Å². The fraction of sp³-hybridized carbons (Fsp3) is 0.444. The Bertz CT molecular complexity index is 721. The predicted octanol–water partition coefficient (Wildman–Crippen LogP) is 4.05. The van der Waals surface area contributed by atoms with Crippen molar-refractivity contribution in [1.82, 2.24) is 9.78 Å². The zero-order valence-corrected chi connectivity index (χ0v) is 13.2. The number of hydrogen-bond donors (Lipinski definition) is 1. The Labute approximate surface area is 131 Å². The van der Waals surface area contributed by atoms with E-state index in [9.17, 15) is 0 Å². The van der Waals surface area contributed by atoms with Gasteiger partial charge in [0.1, 0.15) is 0 Å². The minimum absolute atomic E-state index is 0.290. The van der Waals surface area contributed by atoms with Gasteiger partial charge in [-0.3, -0.25) is 4.68 Å². The fourth-order valence-electron chi connectivity index (χ4n) is 3.46. The Hall–Kier alpha value is -2.28. The average molecular weight is 294 g/mol. The molecular weight excluding hydrogens is 272 g/mol. The predicted molar refractivity (Wildman–Crippen MR) is 88.4 cm³/mol. The molecule has 1 atom stereocenters. The zero-order valence-electron chi connectivity index (χ0n) is 13.2. The molecule has 3 rings (SSSR count). The van der Waals surface area contributed by atoms with Crippen molar-refractivity contribution in [3.05, 3.63) is 35.5 Å². The third kappa shape index (κ3) is 2.48. The van der Waals surface area contributed by atoms with Gasteiger partial charge < -0.3 is 5.73 Å². The van der Waals surface area contributed by atoms with E-state index in [2.05, 4.69) is 30.7 Å². The lowest BCUT2D eigenvalue weighted by Gasteiger charge is -2.23. The molecular formula is C18H22N4. The van der Waals surface area contributed by atoms with Crippen LogP contribution < -0.4 is 5.73 Å². The van der Waals surface area contributed by atoms with Gasteiger partial charge in [0.15, 0.2) is 0 Å². The van der Waals surface area contributed by atoms with Gasteiger partial charge in [0.05, 0.1) is 11.8 Å². The Balaban J connectivity index is 2.20. The Morgan fingerprint density at radius 2 is 2.27 bits per heavy atom. The van der Waals surface area contributed by atoms with Crippen molar-refractivity contribution < 1.29 is 0 Å². The number of nitrogens with zero attached hydrogens (tertiary/aromatic N) is 3. The molecule has 1 aliphatic rings. The molecule has 4 nitrogen and oxygen atoms in total. The van der Waals surface area contributed by atoms with Crippen LogP contribution in [0.1, 0.15) is 56.3 Å². The van der Waals surface area contributed by atoms with Crippen LogP contribution in [0, 0.1) is 11.3 Å². The van der Waals surface area contributed by atoms with E-state index < -0.39 is 0 Å². The summed E-state index contributed by atoms with van der Waals surface area (Å²) < 4.78 is 2.14. The second kappa shape index (κ2) is 5.84. The molecule has 2 aromatic rings. The van der Waals surface area contributed by atoms with Crippen LogP contribution in [-0.4, -0.2) is 9.78 Å². The van der Waals surface area contributed by atoms with E-state index in [1.165, 1.54) is 11.3 Å².